The van der Waals surface area contributed by atoms with E-state index >= 15 is 0 Å². The van der Waals surface area contributed by atoms with Gasteiger partial charge in [-0.3, -0.25) is 4.79 Å². The highest BCUT2D eigenvalue weighted by atomic mass is 16.4. The standard InChI is InChI=1S/C10H13NO3/c1-6(4-10(13)14)8-3-2-7(12)5-9(8)11/h2-3,5-6,12H,4,11H2,1H3,(H,13,14). The molecule has 1 unspecified atom stereocenters. The van der Waals surface area contributed by atoms with Crippen molar-refractivity contribution in [2.75, 3.05) is 5.73 Å². The van der Waals surface area contributed by atoms with E-state index < -0.39 is 5.97 Å². The largest absolute Gasteiger partial charge is 0.508 e. The molecule has 1 rings (SSSR count). The molecular weight excluding hydrogens is 182 g/mol. The van der Waals surface area contributed by atoms with Gasteiger partial charge in [0.25, 0.3) is 0 Å². The van der Waals surface area contributed by atoms with Crippen molar-refractivity contribution in [2.45, 2.75) is 19.3 Å². The van der Waals surface area contributed by atoms with E-state index in [1.54, 1.807) is 13.0 Å². The van der Waals surface area contributed by atoms with Crippen molar-refractivity contribution in [1.29, 1.82) is 0 Å². The molecule has 0 aliphatic rings. The van der Waals surface area contributed by atoms with Gasteiger partial charge in [0.1, 0.15) is 5.75 Å². The van der Waals surface area contributed by atoms with E-state index in [1.807, 2.05) is 0 Å². The Kier molecular flexibility index (Phi) is 2.96. The molecule has 0 aromatic heterocycles. The molecule has 0 radical (unpaired) electrons. The summed E-state index contributed by atoms with van der Waals surface area (Å²) < 4.78 is 0. The SMILES string of the molecule is CC(CC(=O)O)c1ccc(O)cc1N. The van der Waals surface area contributed by atoms with Crippen LogP contribution in [-0.2, 0) is 4.79 Å². The number of aliphatic carboxylic acids is 1. The minimum absolute atomic E-state index is 0.0367. The molecule has 1 aromatic rings. The average Bonchev–Trinajstić information content (AvgIpc) is 2.01. The molecule has 0 amide bonds. The first-order chi connectivity index (χ1) is 6.50. The van der Waals surface area contributed by atoms with Crippen molar-refractivity contribution in [2.24, 2.45) is 0 Å². The van der Waals surface area contributed by atoms with E-state index in [2.05, 4.69) is 0 Å². The van der Waals surface area contributed by atoms with E-state index in [9.17, 15) is 4.79 Å². The van der Waals surface area contributed by atoms with Crippen molar-refractivity contribution >= 4 is 11.7 Å². The molecule has 0 aliphatic heterocycles. The van der Waals surface area contributed by atoms with Crippen LogP contribution in [0.25, 0.3) is 0 Å². The summed E-state index contributed by atoms with van der Waals surface area (Å²) in [6, 6.07) is 4.58. The fourth-order valence-electron chi connectivity index (χ4n) is 1.38. The first kappa shape index (κ1) is 10.4. The zero-order valence-electron chi connectivity index (χ0n) is 7.90. The number of phenols is 1. The van der Waals surface area contributed by atoms with Crippen LogP contribution in [0.2, 0.25) is 0 Å². The Morgan fingerprint density at radius 1 is 1.57 bits per heavy atom. The maximum Gasteiger partial charge on any atom is 0.303 e. The van der Waals surface area contributed by atoms with E-state index in [4.69, 9.17) is 15.9 Å². The van der Waals surface area contributed by atoms with Gasteiger partial charge < -0.3 is 15.9 Å². The lowest BCUT2D eigenvalue weighted by atomic mass is 9.96. The van der Waals surface area contributed by atoms with Crippen LogP contribution in [0.4, 0.5) is 5.69 Å². The van der Waals surface area contributed by atoms with Crippen LogP contribution < -0.4 is 5.73 Å². The van der Waals surface area contributed by atoms with E-state index in [1.165, 1.54) is 12.1 Å². The second-order valence-electron chi connectivity index (χ2n) is 3.31. The first-order valence-corrected chi connectivity index (χ1v) is 4.31. The van der Waals surface area contributed by atoms with E-state index in [0.29, 0.717) is 5.69 Å². The third-order valence-corrected chi connectivity index (χ3v) is 2.08. The van der Waals surface area contributed by atoms with Gasteiger partial charge in [0.15, 0.2) is 0 Å². The number of carboxylic acid groups (broad SMARTS) is 1. The third-order valence-electron chi connectivity index (χ3n) is 2.08. The second kappa shape index (κ2) is 4.00. The number of carbonyl (C=O) groups is 1. The third kappa shape index (κ3) is 2.39. The molecule has 4 N–H and O–H groups in total. The van der Waals surface area contributed by atoms with Crippen LogP contribution in [-0.4, -0.2) is 16.2 Å². The molecule has 0 fully saturated rings. The highest BCUT2D eigenvalue weighted by Gasteiger charge is 2.12. The van der Waals surface area contributed by atoms with Gasteiger partial charge in [-0.15, -0.1) is 0 Å². The van der Waals surface area contributed by atoms with Crippen LogP contribution in [0.3, 0.4) is 0 Å². The predicted molar refractivity (Wildman–Crippen MR) is 53.2 cm³/mol. The molecule has 0 aliphatic carbocycles. The molecule has 0 saturated carbocycles. The van der Waals surface area contributed by atoms with Gasteiger partial charge in [0.05, 0.1) is 6.42 Å². The summed E-state index contributed by atoms with van der Waals surface area (Å²) in [6.07, 6.45) is 0.0367. The Bertz CT molecular complexity index is 349. The first-order valence-electron chi connectivity index (χ1n) is 4.31. The fourth-order valence-corrected chi connectivity index (χ4v) is 1.38. The molecule has 1 atom stereocenters. The zero-order valence-corrected chi connectivity index (χ0v) is 7.90. The topological polar surface area (TPSA) is 83.5 Å². The van der Waals surface area contributed by atoms with Crippen molar-refractivity contribution in [3.8, 4) is 5.75 Å². The Morgan fingerprint density at radius 3 is 2.71 bits per heavy atom. The van der Waals surface area contributed by atoms with Gasteiger partial charge in [-0.2, -0.15) is 0 Å². The summed E-state index contributed by atoms with van der Waals surface area (Å²) >= 11 is 0. The molecule has 0 saturated heterocycles. The van der Waals surface area contributed by atoms with Crippen LogP contribution in [0, 0.1) is 0 Å². The molecule has 0 heterocycles. The number of nitrogen functional groups attached to an aromatic ring is 1. The molecule has 1 aromatic carbocycles. The molecule has 76 valence electrons. The lowest BCUT2D eigenvalue weighted by Gasteiger charge is -2.11. The van der Waals surface area contributed by atoms with Crippen molar-refractivity contribution in [1.82, 2.24) is 0 Å². The lowest BCUT2D eigenvalue weighted by molar-refractivity contribution is -0.137. The summed E-state index contributed by atoms with van der Waals surface area (Å²) in [4.78, 5) is 10.5. The molecule has 14 heavy (non-hydrogen) atoms. The van der Waals surface area contributed by atoms with E-state index in [0.717, 1.165) is 5.56 Å². The normalized spacial score (nSPS) is 12.4. The summed E-state index contributed by atoms with van der Waals surface area (Å²) in [6.45, 7) is 1.79. The number of nitrogens with two attached hydrogens (primary N) is 1. The number of carboxylic acids is 1. The number of anilines is 1. The number of hydrogen-bond donors (Lipinski definition) is 3. The van der Waals surface area contributed by atoms with Crippen LogP contribution in [0.15, 0.2) is 18.2 Å². The Hall–Kier alpha value is -1.71. The minimum atomic E-state index is -0.857. The summed E-state index contributed by atoms with van der Waals surface area (Å²) in [5.74, 6) is -0.910. The van der Waals surface area contributed by atoms with Gasteiger partial charge in [0.2, 0.25) is 0 Å². The minimum Gasteiger partial charge on any atom is -0.508 e. The van der Waals surface area contributed by atoms with Gasteiger partial charge in [-0.25, -0.2) is 0 Å². The number of phenolic OH excluding ortho intramolecular Hbond substituents is 1. The molecular formula is C10H13NO3. The van der Waals surface area contributed by atoms with Crippen molar-refractivity contribution in [3.05, 3.63) is 23.8 Å². The van der Waals surface area contributed by atoms with E-state index in [-0.39, 0.29) is 18.1 Å². The second-order valence-corrected chi connectivity index (χ2v) is 3.31. The summed E-state index contributed by atoms with van der Waals surface area (Å²) in [5, 5.41) is 17.7. The average molecular weight is 195 g/mol. The number of hydrogen-bond acceptors (Lipinski definition) is 3. The van der Waals surface area contributed by atoms with Crippen LogP contribution >= 0.6 is 0 Å². The van der Waals surface area contributed by atoms with Gasteiger partial charge in [-0.05, 0) is 17.5 Å². The van der Waals surface area contributed by atoms with Crippen molar-refractivity contribution in [3.63, 3.8) is 0 Å². The Labute approximate surface area is 82.0 Å². The molecule has 0 bridgehead atoms. The van der Waals surface area contributed by atoms with Crippen LogP contribution in [0.5, 0.6) is 5.75 Å². The predicted octanol–water partition coefficient (Wildman–Crippen LogP) is 1.55. The smallest absolute Gasteiger partial charge is 0.303 e. The van der Waals surface area contributed by atoms with Gasteiger partial charge in [0, 0.05) is 11.8 Å². The number of rotatable bonds is 3. The summed E-state index contributed by atoms with van der Waals surface area (Å²) in [7, 11) is 0. The fraction of sp³-hybridized carbons (Fsp3) is 0.300. The van der Waals surface area contributed by atoms with Gasteiger partial charge in [-0.1, -0.05) is 13.0 Å². The van der Waals surface area contributed by atoms with Crippen LogP contribution in [0.1, 0.15) is 24.8 Å². The van der Waals surface area contributed by atoms with Gasteiger partial charge >= 0.3 is 5.97 Å². The van der Waals surface area contributed by atoms with Crippen molar-refractivity contribution < 1.29 is 15.0 Å². The number of benzene rings is 1. The maximum atomic E-state index is 10.5. The number of aromatic hydroxyl groups is 1. The highest BCUT2D eigenvalue weighted by Crippen LogP contribution is 2.27. The maximum absolute atomic E-state index is 10.5. The Morgan fingerprint density at radius 2 is 2.21 bits per heavy atom. The Balaban J connectivity index is 2.90. The highest BCUT2D eigenvalue weighted by molar-refractivity contribution is 5.68. The lowest BCUT2D eigenvalue weighted by Crippen LogP contribution is -2.05. The molecule has 4 nitrogen and oxygen atoms in total. The monoisotopic (exact) mass is 195 g/mol. The quantitative estimate of drug-likeness (QED) is 0.639. The molecule has 0 spiro atoms. The zero-order chi connectivity index (χ0) is 10.7. The molecule has 4 heteroatoms. The summed E-state index contributed by atoms with van der Waals surface area (Å²) in [5.41, 5.74) is 6.83.